The van der Waals surface area contributed by atoms with E-state index in [2.05, 4.69) is 0 Å². The third-order valence-corrected chi connectivity index (χ3v) is 6.02. The highest BCUT2D eigenvalue weighted by Crippen LogP contribution is 2.52. The highest BCUT2D eigenvalue weighted by atomic mass is 31.2. The largest absolute Gasteiger partial charge is 0.587 e. The van der Waals surface area contributed by atoms with Crippen molar-refractivity contribution in [1.82, 2.24) is 0 Å². The maximum atomic E-state index is 13.6. The Morgan fingerprint density at radius 3 is 1.41 bits per heavy atom. The molecule has 7 nitrogen and oxygen atoms in total. The average Bonchev–Trinajstić information content (AvgIpc) is 2.70. The molecule has 0 unspecified atom stereocenters. The lowest BCUT2D eigenvalue weighted by Crippen LogP contribution is -2.38. The maximum Gasteiger partial charge on any atom is 0.587 e. The lowest BCUT2D eigenvalue weighted by atomic mass is 9.93. The van der Waals surface area contributed by atoms with Gasteiger partial charge in [0, 0.05) is 0 Å². The summed E-state index contributed by atoms with van der Waals surface area (Å²) in [6.45, 7) is 5.13. The molecular weight excluding hydrogens is 395 g/mol. The van der Waals surface area contributed by atoms with Crippen molar-refractivity contribution in [2.45, 2.75) is 27.7 Å². The minimum absolute atomic E-state index is 0.365. The van der Waals surface area contributed by atoms with E-state index in [0.29, 0.717) is 11.5 Å². The molecule has 29 heavy (non-hydrogen) atoms. The average molecular weight is 424 g/mol. The minimum atomic E-state index is -4.24. The zero-order valence-corrected chi connectivity index (χ0v) is 18.1. The Hall–Kier alpha value is -1.89. The van der Waals surface area contributed by atoms with Crippen molar-refractivity contribution < 1.29 is 33.5 Å². The van der Waals surface area contributed by atoms with Crippen LogP contribution >= 0.6 is 7.82 Å². The highest BCUT2D eigenvalue weighted by molar-refractivity contribution is 7.49. The molecule has 0 saturated carbocycles. The van der Waals surface area contributed by atoms with Gasteiger partial charge in [0.2, 0.25) is 0 Å². The summed E-state index contributed by atoms with van der Waals surface area (Å²) >= 11 is 0. The van der Waals surface area contributed by atoms with Crippen LogP contribution in [0, 0.1) is 33.1 Å². The van der Waals surface area contributed by atoms with Gasteiger partial charge >= 0.3 is 7.82 Å². The first-order valence-corrected chi connectivity index (χ1v) is 10.7. The van der Waals surface area contributed by atoms with Crippen molar-refractivity contribution >= 4 is 7.82 Å². The molecule has 0 aromatic heterocycles. The second-order valence-electron chi connectivity index (χ2n) is 7.32. The van der Waals surface area contributed by atoms with Crippen LogP contribution in [0.4, 0.5) is 0 Å². The van der Waals surface area contributed by atoms with Gasteiger partial charge in [0.25, 0.3) is 0 Å². The van der Waals surface area contributed by atoms with E-state index < -0.39 is 39.7 Å². The van der Waals surface area contributed by atoms with E-state index >= 15 is 0 Å². The van der Waals surface area contributed by atoms with E-state index in [9.17, 15) is 19.9 Å². The molecule has 0 heterocycles. The van der Waals surface area contributed by atoms with E-state index in [1.165, 1.54) is 0 Å². The summed E-state index contributed by atoms with van der Waals surface area (Å²) < 4.78 is 30.7. The standard InChI is InChI=1S/C21H29O7P/c1-15-7-5-8-16(2)19(15)27-29(25,26-14-21(11-22,12-23)13-24)28-20-17(3)9-6-10-18(20)4/h5-10,22-24H,11-14H2,1-4H3. The van der Waals surface area contributed by atoms with Gasteiger partial charge < -0.3 is 24.4 Å². The second-order valence-corrected chi connectivity index (χ2v) is 8.84. The smallest absolute Gasteiger partial charge is 0.396 e. The molecule has 3 N–H and O–H groups in total. The number of phosphoric acid groups is 1. The van der Waals surface area contributed by atoms with Crippen LogP contribution in [0.15, 0.2) is 36.4 Å². The number of hydrogen-bond acceptors (Lipinski definition) is 7. The van der Waals surface area contributed by atoms with Crippen molar-refractivity contribution in [3.05, 3.63) is 58.7 Å². The number of hydrogen-bond donors (Lipinski definition) is 3. The first kappa shape index (κ1) is 23.4. The van der Waals surface area contributed by atoms with Crippen molar-refractivity contribution in [2.75, 3.05) is 26.4 Å². The van der Waals surface area contributed by atoms with E-state index in [0.717, 1.165) is 22.3 Å². The van der Waals surface area contributed by atoms with Crippen LogP contribution in [0.2, 0.25) is 0 Å². The summed E-state index contributed by atoms with van der Waals surface area (Å²) in [5, 5.41) is 28.7. The number of rotatable bonds is 10. The van der Waals surface area contributed by atoms with E-state index in [1.54, 1.807) is 0 Å². The van der Waals surface area contributed by atoms with Gasteiger partial charge in [-0.25, -0.2) is 4.57 Å². The quantitative estimate of drug-likeness (QED) is 0.502. The van der Waals surface area contributed by atoms with Gasteiger partial charge in [-0.15, -0.1) is 0 Å². The van der Waals surface area contributed by atoms with Gasteiger partial charge in [-0.3, -0.25) is 4.52 Å². The number of phosphoric ester groups is 1. The van der Waals surface area contributed by atoms with Gasteiger partial charge in [-0.1, -0.05) is 36.4 Å². The Morgan fingerprint density at radius 1 is 0.759 bits per heavy atom. The van der Waals surface area contributed by atoms with Crippen molar-refractivity contribution in [1.29, 1.82) is 0 Å². The van der Waals surface area contributed by atoms with Crippen LogP contribution in [-0.2, 0) is 9.09 Å². The topological polar surface area (TPSA) is 105 Å². The molecule has 2 aromatic rings. The third-order valence-electron chi connectivity index (χ3n) is 4.76. The number of aryl methyl sites for hydroxylation is 4. The van der Waals surface area contributed by atoms with Crippen LogP contribution in [0.1, 0.15) is 22.3 Å². The molecule has 0 aliphatic rings. The summed E-state index contributed by atoms with van der Waals surface area (Å²) in [5.74, 6) is 0.731. The fourth-order valence-electron chi connectivity index (χ4n) is 2.68. The summed E-state index contributed by atoms with van der Waals surface area (Å²) in [6.07, 6.45) is 0. The molecule has 0 aliphatic heterocycles. The number of aliphatic hydroxyl groups is 3. The van der Waals surface area contributed by atoms with Crippen LogP contribution in [0.25, 0.3) is 0 Å². The first-order chi connectivity index (χ1) is 13.7. The summed E-state index contributed by atoms with van der Waals surface area (Å²) in [7, 11) is -4.24. The van der Waals surface area contributed by atoms with Gasteiger partial charge in [0.1, 0.15) is 11.5 Å². The molecular formula is C21H29O7P. The Labute approximate surface area is 171 Å². The first-order valence-electron chi connectivity index (χ1n) is 9.28. The number of benzene rings is 2. The maximum absolute atomic E-state index is 13.6. The van der Waals surface area contributed by atoms with Crippen molar-refractivity contribution in [3.63, 3.8) is 0 Å². The molecule has 2 aromatic carbocycles. The molecule has 8 heteroatoms. The molecule has 0 amide bonds. The van der Waals surface area contributed by atoms with Crippen LogP contribution in [-0.4, -0.2) is 41.7 Å². The zero-order chi connectivity index (χ0) is 21.7. The third kappa shape index (κ3) is 5.59. The van der Waals surface area contributed by atoms with Gasteiger partial charge in [-0.2, -0.15) is 0 Å². The Bertz CT molecular complexity index is 771. The Balaban J connectivity index is 2.42. The second kappa shape index (κ2) is 9.74. The van der Waals surface area contributed by atoms with E-state index in [1.807, 2.05) is 64.1 Å². The van der Waals surface area contributed by atoms with E-state index in [4.69, 9.17) is 13.6 Å². The summed E-state index contributed by atoms with van der Waals surface area (Å²) in [4.78, 5) is 0. The van der Waals surface area contributed by atoms with Gasteiger partial charge in [0.15, 0.2) is 0 Å². The molecule has 0 spiro atoms. The predicted octanol–water partition coefficient (Wildman–Crippen LogP) is 3.47. The zero-order valence-electron chi connectivity index (χ0n) is 17.2. The lowest BCUT2D eigenvalue weighted by molar-refractivity contribution is -0.0307. The minimum Gasteiger partial charge on any atom is -0.396 e. The fourth-order valence-corrected chi connectivity index (χ4v) is 4.28. The van der Waals surface area contributed by atoms with Gasteiger partial charge in [-0.05, 0) is 49.9 Å². The molecule has 0 aliphatic carbocycles. The normalized spacial score (nSPS) is 12.1. The highest BCUT2D eigenvalue weighted by Gasteiger charge is 2.38. The Morgan fingerprint density at radius 2 is 1.10 bits per heavy atom. The van der Waals surface area contributed by atoms with Crippen LogP contribution in [0.3, 0.4) is 0 Å². The molecule has 160 valence electrons. The van der Waals surface area contributed by atoms with Crippen LogP contribution < -0.4 is 9.05 Å². The predicted molar refractivity (Wildman–Crippen MR) is 110 cm³/mol. The molecule has 0 saturated heterocycles. The van der Waals surface area contributed by atoms with Crippen molar-refractivity contribution in [3.8, 4) is 11.5 Å². The number of aliphatic hydroxyl groups excluding tert-OH is 3. The summed E-state index contributed by atoms with van der Waals surface area (Å²) in [6, 6.07) is 10.9. The monoisotopic (exact) mass is 424 g/mol. The van der Waals surface area contributed by atoms with Crippen molar-refractivity contribution in [2.24, 2.45) is 5.41 Å². The lowest BCUT2D eigenvalue weighted by Gasteiger charge is -2.29. The molecule has 0 bridgehead atoms. The van der Waals surface area contributed by atoms with Gasteiger partial charge in [0.05, 0.1) is 31.8 Å². The fraction of sp³-hybridized carbons (Fsp3) is 0.429. The molecule has 0 radical (unpaired) electrons. The molecule has 0 atom stereocenters. The SMILES string of the molecule is Cc1cccc(C)c1OP(=O)(OCC(CO)(CO)CO)Oc1c(C)cccc1C. The molecule has 0 fully saturated rings. The number of para-hydroxylation sites is 2. The van der Waals surface area contributed by atoms with E-state index in [-0.39, 0.29) is 0 Å². The Kier molecular flexibility index (Phi) is 7.86. The van der Waals surface area contributed by atoms with Crippen LogP contribution in [0.5, 0.6) is 11.5 Å². The summed E-state index contributed by atoms with van der Waals surface area (Å²) in [5.41, 5.74) is 1.60. The molecule has 2 rings (SSSR count).